The molecule has 29 heavy (non-hydrogen) atoms. The maximum Gasteiger partial charge on any atom is 0.573 e. The van der Waals surface area contributed by atoms with Crippen LogP contribution in [0.2, 0.25) is 0 Å². The van der Waals surface area contributed by atoms with E-state index in [4.69, 9.17) is 9.47 Å². The summed E-state index contributed by atoms with van der Waals surface area (Å²) >= 11 is 0. The molecule has 0 spiro atoms. The molecule has 0 saturated carbocycles. The van der Waals surface area contributed by atoms with Crippen LogP contribution in [0.4, 0.5) is 13.2 Å². The normalized spacial score (nSPS) is 16.7. The molecule has 2 aromatic rings. The van der Waals surface area contributed by atoms with Gasteiger partial charge in [0.05, 0.1) is 0 Å². The minimum atomic E-state index is -4.69. The minimum Gasteiger partial charge on any atom is -0.454 e. The van der Waals surface area contributed by atoms with Gasteiger partial charge in [0.2, 0.25) is 6.79 Å². The fraction of sp³-hybridized carbons (Fsp3) is 0.350. The molecule has 0 bridgehead atoms. The number of carbonyl (C=O) groups excluding carboxylic acids is 1. The lowest BCUT2D eigenvalue weighted by molar-refractivity contribution is -0.274. The van der Waals surface area contributed by atoms with Crippen molar-refractivity contribution in [3.8, 4) is 17.2 Å². The Bertz CT molecular complexity index is 878. The number of rotatable bonds is 4. The van der Waals surface area contributed by atoms with Crippen molar-refractivity contribution >= 4 is 5.91 Å². The van der Waals surface area contributed by atoms with E-state index in [1.54, 1.807) is 35.2 Å². The Morgan fingerprint density at radius 1 is 0.966 bits per heavy atom. The van der Waals surface area contributed by atoms with Crippen LogP contribution in [0.15, 0.2) is 42.5 Å². The first-order valence-corrected chi connectivity index (χ1v) is 9.13. The molecule has 0 radical (unpaired) electrons. The third kappa shape index (κ3) is 4.73. The average molecular weight is 408 g/mol. The number of piperazine rings is 1. The Balaban J connectivity index is 1.30. The predicted molar refractivity (Wildman–Crippen MR) is 96.9 cm³/mol. The van der Waals surface area contributed by atoms with E-state index in [-0.39, 0.29) is 18.4 Å². The Morgan fingerprint density at radius 3 is 2.34 bits per heavy atom. The maximum atomic E-state index is 12.7. The van der Waals surface area contributed by atoms with E-state index >= 15 is 0 Å². The van der Waals surface area contributed by atoms with Crippen LogP contribution in [0, 0.1) is 0 Å². The van der Waals surface area contributed by atoms with E-state index in [1.807, 2.05) is 0 Å². The highest BCUT2D eigenvalue weighted by molar-refractivity contribution is 5.95. The Hall–Kier alpha value is -2.94. The smallest absolute Gasteiger partial charge is 0.454 e. The number of amides is 1. The van der Waals surface area contributed by atoms with Crippen molar-refractivity contribution in [2.75, 3.05) is 33.0 Å². The van der Waals surface area contributed by atoms with Gasteiger partial charge in [0.15, 0.2) is 11.5 Å². The lowest BCUT2D eigenvalue weighted by Crippen LogP contribution is -2.48. The van der Waals surface area contributed by atoms with E-state index in [0.29, 0.717) is 49.8 Å². The SMILES string of the molecule is O=C(c1ccc2c(c1)OCO2)N1CCN(Cc2ccc(OC(F)(F)F)cc2)CC1. The van der Waals surface area contributed by atoms with Crippen molar-refractivity contribution in [3.05, 3.63) is 53.6 Å². The van der Waals surface area contributed by atoms with Crippen LogP contribution < -0.4 is 14.2 Å². The summed E-state index contributed by atoms with van der Waals surface area (Å²) in [5, 5.41) is 0. The molecular weight excluding hydrogens is 389 g/mol. The number of nitrogens with zero attached hydrogens (tertiary/aromatic N) is 2. The molecule has 0 aromatic heterocycles. The second-order valence-electron chi connectivity index (χ2n) is 6.83. The first kappa shape index (κ1) is 19.4. The molecule has 2 aromatic carbocycles. The van der Waals surface area contributed by atoms with Crippen LogP contribution in [-0.2, 0) is 6.54 Å². The van der Waals surface area contributed by atoms with Gasteiger partial charge < -0.3 is 19.1 Å². The van der Waals surface area contributed by atoms with Gasteiger partial charge in [0.1, 0.15) is 5.75 Å². The zero-order valence-corrected chi connectivity index (χ0v) is 15.4. The van der Waals surface area contributed by atoms with E-state index < -0.39 is 6.36 Å². The molecule has 0 aliphatic carbocycles. The molecular formula is C20H19F3N2O4. The molecule has 1 saturated heterocycles. The first-order chi connectivity index (χ1) is 13.9. The summed E-state index contributed by atoms with van der Waals surface area (Å²) in [6.07, 6.45) is -4.69. The molecule has 1 fully saturated rings. The number of carbonyl (C=O) groups is 1. The van der Waals surface area contributed by atoms with Crippen molar-refractivity contribution in [1.82, 2.24) is 9.80 Å². The fourth-order valence-electron chi connectivity index (χ4n) is 3.38. The molecule has 0 N–H and O–H groups in total. The summed E-state index contributed by atoms with van der Waals surface area (Å²) in [5.41, 5.74) is 1.44. The summed E-state index contributed by atoms with van der Waals surface area (Å²) < 4.78 is 51.2. The van der Waals surface area contributed by atoms with Crippen molar-refractivity contribution in [2.24, 2.45) is 0 Å². The second kappa shape index (κ2) is 7.82. The number of hydrogen-bond acceptors (Lipinski definition) is 5. The molecule has 2 aliphatic heterocycles. The summed E-state index contributed by atoms with van der Waals surface area (Å²) in [5.74, 6) is 0.919. The summed E-state index contributed by atoms with van der Waals surface area (Å²) in [6, 6.07) is 11.0. The number of halogens is 3. The highest BCUT2D eigenvalue weighted by atomic mass is 19.4. The van der Waals surface area contributed by atoms with Gasteiger partial charge in [0.25, 0.3) is 5.91 Å². The molecule has 1 amide bonds. The monoisotopic (exact) mass is 408 g/mol. The topological polar surface area (TPSA) is 51.2 Å². The lowest BCUT2D eigenvalue weighted by Gasteiger charge is -2.34. The molecule has 2 heterocycles. The number of alkyl halides is 3. The molecule has 0 unspecified atom stereocenters. The molecule has 6 nitrogen and oxygen atoms in total. The summed E-state index contributed by atoms with van der Waals surface area (Å²) in [7, 11) is 0. The van der Waals surface area contributed by atoms with Gasteiger partial charge in [-0.1, -0.05) is 12.1 Å². The largest absolute Gasteiger partial charge is 0.573 e. The molecule has 0 atom stereocenters. The number of hydrogen-bond donors (Lipinski definition) is 0. The number of fused-ring (bicyclic) bond motifs is 1. The lowest BCUT2D eigenvalue weighted by atomic mass is 10.1. The summed E-state index contributed by atoms with van der Waals surface area (Å²) in [6.45, 7) is 3.26. The highest BCUT2D eigenvalue weighted by Gasteiger charge is 2.31. The van der Waals surface area contributed by atoms with Gasteiger partial charge in [-0.05, 0) is 35.9 Å². The van der Waals surface area contributed by atoms with Crippen LogP contribution in [0.5, 0.6) is 17.2 Å². The third-order valence-electron chi connectivity index (χ3n) is 4.84. The highest BCUT2D eigenvalue weighted by Crippen LogP contribution is 2.33. The standard InChI is InChI=1S/C20H19F3N2O4/c21-20(22,23)29-16-4-1-14(2-5-16)12-24-7-9-25(10-8-24)19(26)15-3-6-17-18(11-15)28-13-27-17/h1-6,11H,7-10,12-13H2. The zero-order valence-electron chi connectivity index (χ0n) is 15.4. The van der Waals surface area contributed by atoms with Crippen LogP contribution in [0.25, 0.3) is 0 Å². The Labute approximate surface area is 165 Å². The van der Waals surface area contributed by atoms with Crippen LogP contribution >= 0.6 is 0 Å². The van der Waals surface area contributed by atoms with Crippen LogP contribution in [0.1, 0.15) is 15.9 Å². The quantitative estimate of drug-likeness (QED) is 0.777. The van der Waals surface area contributed by atoms with Gasteiger partial charge in [-0.2, -0.15) is 0 Å². The van der Waals surface area contributed by atoms with Crippen molar-refractivity contribution in [2.45, 2.75) is 12.9 Å². The zero-order chi connectivity index (χ0) is 20.4. The molecule has 9 heteroatoms. The van der Waals surface area contributed by atoms with E-state index in [9.17, 15) is 18.0 Å². The fourth-order valence-corrected chi connectivity index (χ4v) is 3.38. The first-order valence-electron chi connectivity index (χ1n) is 9.13. The molecule has 2 aliphatic rings. The number of ether oxygens (including phenoxy) is 3. The van der Waals surface area contributed by atoms with Gasteiger partial charge in [-0.15, -0.1) is 13.2 Å². The van der Waals surface area contributed by atoms with Gasteiger partial charge in [-0.25, -0.2) is 0 Å². The maximum absolute atomic E-state index is 12.7. The molecule has 154 valence electrons. The van der Waals surface area contributed by atoms with Crippen molar-refractivity contribution in [3.63, 3.8) is 0 Å². The van der Waals surface area contributed by atoms with Gasteiger partial charge in [0, 0.05) is 38.3 Å². The average Bonchev–Trinajstić information content (AvgIpc) is 3.16. The number of benzene rings is 2. The van der Waals surface area contributed by atoms with E-state index in [2.05, 4.69) is 9.64 Å². The van der Waals surface area contributed by atoms with Crippen LogP contribution in [0.3, 0.4) is 0 Å². The van der Waals surface area contributed by atoms with Crippen molar-refractivity contribution in [1.29, 1.82) is 0 Å². The van der Waals surface area contributed by atoms with Gasteiger partial charge in [-0.3, -0.25) is 9.69 Å². The third-order valence-corrected chi connectivity index (χ3v) is 4.84. The molecule has 4 rings (SSSR count). The summed E-state index contributed by atoms with van der Waals surface area (Å²) in [4.78, 5) is 16.7. The predicted octanol–water partition coefficient (Wildman–Crippen LogP) is 3.27. The minimum absolute atomic E-state index is 0.0587. The van der Waals surface area contributed by atoms with Crippen molar-refractivity contribution < 1.29 is 32.2 Å². The van der Waals surface area contributed by atoms with Gasteiger partial charge >= 0.3 is 6.36 Å². The second-order valence-corrected chi connectivity index (χ2v) is 6.83. The van der Waals surface area contributed by atoms with E-state index in [0.717, 1.165) is 5.56 Å². The Kier molecular flexibility index (Phi) is 5.23. The van der Waals surface area contributed by atoms with E-state index in [1.165, 1.54) is 12.1 Å². The van der Waals surface area contributed by atoms with Crippen LogP contribution in [-0.4, -0.2) is 55.0 Å². The Morgan fingerprint density at radius 2 is 1.66 bits per heavy atom.